The van der Waals surface area contributed by atoms with Crippen LogP contribution in [0, 0.1) is 0 Å². The standard InChI is InChI=1S/C25H23N3O3S.H2O/c1-3-16-8-13-22-21(14-16)27-24(31-22)17-9-11-19(12-10-17)26-25(32)28-23(29)18-6-5-7-20(15-18)30-4-2;/h5-15H,3-4H2,1-2H3,(H2,26,28,29,32);1H2. The summed E-state index contributed by atoms with van der Waals surface area (Å²) in [6.45, 7) is 4.53. The van der Waals surface area contributed by atoms with Gasteiger partial charge in [0.25, 0.3) is 5.91 Å². The number of fused-ring (bicyclic) bond motifs is 1. The van der Waals surface area contributed by atoms with Gasteiger partial charge < -0.3 is 19.9 Å². The Kier molecular flexibility index (Phi) is 7.76. The van der Waals surface area contributed by atoms with Gasteiger partial charge in [-0.15, -0.1) is 0 Å². The Morgan fingerprint density at radius 1 is 1.06 bits per heavy atom. The maximum Gasteiger partial charge on any atom is 0.257 e. The van der Waals surface area contributed by atoms with E-state index in [1.54, 1.807) is 24.3 Å². The molecule has 33 heavy (non-hydrogen) atoms. The minimum atomic E-state index is -0.307. The third-order valence-corrected chi connectivity index (χ3v) is 5.09. The molecule has 0 aliphatic carbocycles. The molecular weight excluding hydrogens is 438 g/mol. The second-order valence-electron chi connectivity index (χ2n) is 7.12. The molecule has 4 N–H and O–H groups in total. The van der Waals surface area contributed by atoms with E-state index < -0.39 is 0 Å². The van der Waals surface area contributed by atoms with Gasteiger partial charge in [0.1, 0.15) is 11.3 Å². The van der Waals surface area contributed by atoms with Gasteiger partial charge in [0.05, 0.1) is 6.61 Å². The predicted molar refractivity (Wildman–Crippen MR) is 134 cm³/mol. The van der Waals surface area contributed by atoms with Crippen LogP contribution in [-0.4, -0.2) is 28.1 Å². The quantitative estimate of drug-likeness (QED) is 0.399. The number of benzene rings is 3. The lowest BCUT2D eigenvalue weighted by molar-refractivity contribution is 0.0977. The molecule has 0 saturated carbocycles. The summed E-state index contributed by atoms with van der Waals surface area (Å²) in [4.78, 5) is 17.1. The number of rotatable bonds is 6. The van der Waals surface area contributed by atoms with E-state index in [1.807, 2.05) is 49.4 Å². The number of nitrogens with one attached hydrogen (secondary N) is 2. The van der Waals surface area contributed by atoms with Crippen LogP contribution >= 0.6 is 12.2 Å². The topological polar surface area (TPSA) is 108 Å². The highest BCUT2D eigenvalue weighted by Crippen LogP contribution is 2.26. The summed E-state index contributed by atoms with van der Waals surface area (Å²) in [7, 11) is 0. The van der Waals surface area contributed by atoms with Gasteiger partial charge in [0.2, 0.25) is 5.89 Å². The molecule has 4 aromatic rings. The van der Waals surface area contributed by atoms with Crippen LogP contribution in [0.1, 0.15) is 29.8 Å². The minimum absolute atomic E-state index is 0. The van der Waals surface area contributed by atoms with Crippen LogP contribution in [0.15, 0.2) is 71.1 Å². The molecule has 8 heteroatoms. The average Bonchev–Trinajstić information content (AvgIpc) is 3.23. The zero-order chi connectivity index (χ0) is 22.5. The zero-order valence-electron chi connectivity index (χ0n) is 18.3. The predicted octanol–water partition coefficient (Wildman–Crippen LogP) is 4.76. The van der Waals surface area contributed by atoms with Crippen LogP contribution in [0.25, 0.3) is 22.6 Å². The second-order valence-corrected chi connectivity index (χ2v) is 7.53. The largest absolute Gasteiger partial charge is 0.494 e. The molecule has 1 heterocycles. The summed E-state index contributed by atoms with van der Waals surface area (Å²) in [5.41, 5.74) is 4.89. The molecule has 0 atom stereocenters. The average molecular weight is 464 g/mol. The number of thiocarbonyl (C=S) groups is 1. The van der Waals surface area contributed by atoms with Crippen molar-refractivity contribution in [2.75, 3.05) is 11.9 Å². The van der Waals surface area contributed by atoms with E-state index in [1.165, 1.54) is 5.56 Å². The summed E-state index contributed by atoms with van der Waals surface area (Å²) in [6, 6.07) is 20.5. The molecule has 170 valence electrons. The molecule has 4 rings (SSSR count). The number of amides is 1. The molecule has 1 amide bonds. The third kappa shape index (κ3) is 5.74. The molecule has 0 saturated heterocycles. The van der Waals surface area contributed by atoms with Crippen LogP contribution in [0.4, 0.5) is 5.69 Å². The van der Waals surface area contributed by atoms with Crippen LogP contribution < -0.4 is 15.4 Å². The van der Waals surface area contributed by atoms with Gasteiger partial charge in [-0.3, -0.25) is 10.1 Å². The first kappa shape index (κ1) is 23.9. The first-order chi connectivity index (χ1) is 15.6. The van der Waals surface area contributed by atoms with Crippen molar-refractivity contribution < 1.29 is 19.4 Å². The van der Waals surface area contributed by atoms with Crippen molar-refractivity contribution in [1.29, 1.82) is 0 Å². The number of ether oxygens (including phenoxy) is 1. The number of hydrogen-bond acceptors (Lipinski definition) is 5. The zero-order valence-corrected chi connectivity index (χ0v) is 19.2. The summed E-state index contributed by atoms with van der Waals surface area (Å²) < 4.78 is 11.3. The molecule has 0 fully saturated rings. The second kappa shape index (κ2) is 10.7. The normalized spacial score (nSPS) is 10.4. The van der Waals surface area contributed by atoms with Crippen molar-refractivity contribution in [3.8, 4) is 17.2 Å². The highest BCUT2D eigenvalue weighted by molar-refractivity contribution is 7.80. The Labute approximate surface area is 197 Å². The first-order valence-electron chi connectivity index (χ1n) is 10.4. The fourth-order valence-electron chi connectivity index (χ4n) is 3.24. The highest BCUT2D eigenvalue weighted by atomic mass is 32.1. The van der Waals surface area contributed by atoms with Gasteiger partial charge in [0.15, 0.2) is 10.7 Å². The number of hydrogen-bond donors (Lipinski definition) is 2. The lowest BCUT2D eigenvalue weighted by Gasteiger charge is -2.10. The lowest BCUT2D eigenvalue weighted by atomic mass is 10.1. The summed E-state index contributed by atoms with van der Waals surface area (Å²) >= 11 is 5.28. The van der Waals surface area contributed by atoms with Crippen molar-refractivity contribution in [2.45, 2.75) is 20.3 Å². The molecule has 0 aliphatic heterocycles. The van der Waals surface area contributed by atoms with E-state index in [2.05, 4.69) is 22.5 Å². The molecule has 1 aromatic heterocycles. The smallest absolute Gasteiger partial charge is 0.257 e. The molecule has 0 spiro atoms. The van der Waals surface area contributed by atoms with Crippen molar-refractivity contribution in [3.63, 3.8) is 0 Å². The van der Waals surface area contributed by atoms with Gasteiger partial charge in [-0.2, -0.15) is 0 Å². The molecule has 0 aliphatic rings. The number of aromatic nitrogens is 1. The number of aryl methyl sites for hydroxylation is 1. The Morgan fingerprint density at radius 3 is 2.58 bits per heavy atom. The molecule has 0 bridgehead atoms. The van der Waals surface area contributed by atoms with Gasteiger partial charge in [-0.1, -0.05) is 19.1 Å². The van der Waals surface area contributed by atoms with E-state index in [0.717, 1.165) is 28.8 Å². The van der Waals surface area contributed by atoms with E-state index in [0.29, 0.717) is 23.8 Å². The van der Waals surface area contributed by atoms with Crippen LogP contribution in [0.5, 0.6) is 5.75 Å². The maximum atomic E-state index is 12.5. The van der Waals surface area contributed by atoms with E-state index in [9.17, 15) is 4.79 Å². The summed E-state index contributed by atoms with van der Waals surface area (Å²) in [6.07, 6.45) is 0.951. The van der Waals surface area contributed by atoms with Crippen molar-refractivity contribution in [1.82, 2.24) is 10.3 Å². The van der Waals surface area contributed by atoms with Crippen molar-refractivity contribution in [3.05, 3.63) is 77.9 Å². The van der Waals surface area contributed by atoms with Gasteiger partial charge >= 0.3 is 0 Å². The van der Waals surface area contributed by atoms with E-state index >= 15 is 0 Å². The third-order valence-electron chi connectivity index (χ3n) is 4.88. The molecule has 7 nitrogen and oxygen atoms in total. The maximum absolute atomic E-state index is 12.5. The SMILES string of the molecule is CCOc1cccc(C(=O)NC(=S)Nc2ccc(-c3nc4cc(CC)ccc4o3)cc2)c1.O. The van der Waals surface area contributed by atoms with Crippen LogP contribution in [0.2, 0.25) is 0 Å². The lowest BCUT2D eigenvalue weighted by Crippen LogP contribution is -2.34. The Morgan fingerprint density at radius 2 is 1.85 bits per heavy atom. The molecular formula is C25H25N3O4S. The number of anilines is 1. The van der Waals surface area contributed by atoms with E-state index in [-0.39, 0.29) is 16.5 Å². The minimum Gasteiger partial charge on any atom is -0.494 e. The molecule has 0 unspecified atom stereocenters. The van der Waals surface area contributed by atoms with Crippen LogP contribution in [-0.2, 0) is 6.42 Å². The summed E-state index contributed by atoms with van der Waals surface area (Å²) in [5, 5.41) is 5.91. The molecule has 3 aromatic carbocycles. The fraction of sp³-hybridized carbons (Fsp3) is 0.160. The molecule has 0 radical (unpaired) electrons. The number of nitrogens with zero attached hydrogens (tertiary/aromatic N) is 1. The number of carbonyl (C=O) groups is 1. The first-order valence-corrected chi connectivity index (χ1v) is 10.8. The Hall–Kier alpha value is -3.75. The number of carbonyl (C=O) groups excluding carboxylic acids is 1. The highest BCUT2D eigenvalue weighted by Gasteiger charge is 2.11. The Balaban J connectivity index is 0.00000306. The van der Waals surface area contributed by atoms with Gasteiger partial charge in [-0.25, -0.2) is 4.98 Å². The number of oxazole rings is 1. The summed E-state index contributed by atoms with van der Waals surface area (Å²) in [5.74, 6) is 0.892. The fourth-order valence-corrected chi connectivity index (χ4v) is 3.45. The monoisotopic (exact) mass is 463 g/mol. The van der Waals surface area contributed by atoms with E-state index in [4.69, 9.17) is 21.4 Å². The Bertz CT molecular complexity index is 1270. The van der Waals surface area contributed by atoms with Crippen LogP contribution in [0.3, 0.4) is 0 Å². The van der Waals surface area contributed by atoms with Crippen molar-refractivity contribution >= 4 is 40.0 Å². The van der Waals surface area contributed by atoms with Crippen molar-refractivity contribution in [2.24, 2.45) is 0 Å². The van der Waals surface area contributed by atoms with Gasteiger partial charge in [0, 0.05) is 16.8 Å². The van der Waals surface area contributed by atoms with Gasteiger partial charge in [-0.05, 0) is 85.7 Å².